The van der Waals surface area contributed by atoms with Crippen LogP contribution in [0.25, 0.3) is 11.2 Å². The summed E-state index contributed by atoms with van der Waals surface area (Å²) in [5, 5.41) is 11.5. The van der Waals surface area contributed by atoms with E-state index in [0.29, 0.717) is 16.8 Å². The van der Waals surface area contributed by atoms with Crippen molar-refractivity contribution in [2.24, 2.45) is 0 Å². The molecule has 0 fully saturated rings. The Labute approximate surface area is 119 Å². The first-order valence-electron chi connectivity index (χ1n) is 6.28. The fourth-order valence-corrected chi connectivity index (χ4v) is 2.48. The van der Waals surface area contributed by atoms with E-state index in [0.717, 1.165) is 29.3 Å². The molecule has 8 nitrogen and oxygen atoms in total. The zero-order chi connectivity index (χ0) is 13.9. The van der Waals surface area contributed by atoms with E-state index >= 15 is 0 Å². The van der Waals surface area contributed by atoms with Gasteiger partial charge in [0.25, 0.3) is 0 Å². The first kappa shape index (κ1) is 12.9. The van der Waals surface area contributed by atoms with Gasteiger partial charge in [-0.25, -0.2) is 15.0 Å². The van der Waals surface area contributed by atoms with Crippen molar-refractivity contribution in [2.75, 3.05) is 11.9 Å². The standard InChI is InChI=1S/C11H14N8S/c1-3-4-12-10-16-8-7(13-5-14-8)9(17-10)20-11-15-6(2)18-19-11/h5H,3-4H2,1-2H3,(H,15,18,19)(H2,12,13,14,16,17). The van der Waals surface area contributed by atoms with Crippen molar-refractivity contribution < 1.29 is 0 Å². The van der Waals surface area contributed by atoms with Crippen LogP contribution in [0.3, 0.4) is 0 Å². The summed E-state index contributed by atoms with van der Waals surface area (Å²) in [6, 6.07) is 0. The third-order valence-electron chi connectivity index (χ3n) is 2.55. The van der Waals surface area contributed by atoms with E-state index in [1.165, 1.54) is 11.8 Å². The van der Waals surface area contributed by atoms with Gasteiger partial charge >= 0.3 is 0 Å². The molecular formula is C11H14N8S. The molecule has 0 aliphatic rings. The number of fused-ring (bicyclic) bond motifs is 1. The monoisotopic (exact) mass is 290 g/mol. The second kappa shape index (κ2) is 5.45. The van der Waals surface area contributed by atoms with Gasteiger partial charge < -0.3 is 10.3 Å². The number of nitrogens with one attached hydrogen (secondary N) is 3. The third kappa shape index (κ3) is 2.57. The van der Waals surface area contributed by atoms with Crippen LogP contribution in [0, 0.1) is 6.92 Å². The number of anilines is 1. The molecule has 0 atom stereocenters. The van der Waals surface area contributed by atoms with Crippen molar-refractivity contribution in [3.05, 3.63) is 12.2 Å². The molecule has 0 aliphatic carbocycles. The van der Waals surface area contributed by atoms with Gasteiger partial charge in [-0.3, -0.25) is 5.10 Å². The maximum atomic E-state index is 4.49. The van der Waals surface area contributed by atoms with E-state index in [4.69, 9.17) is 0 Å². The second-order valence-corrected chi connectivity index (χ2v) is 5.14. The van der Waals surface area contributed by atoms with Gasteiger partial charge in [-0.1, -0.05) is 6.92 Å². The van der Waals surface area contributed by atoms with E-state index < -0.39 is 0 Å². The van der Waals surface area contributed by atoms with Crippen molar-refractivity contribution in [1.82, 2.24) is 35.1 Å². The highest BCUT2D eigenvalue weighted by Crippen LogP contribution is 2.28. The number of rotatable bonds is 5. The highest BCUT2D eigenvalue weighted by atomic mass is 32.2. The van der Waals surface area contributed by atoms with E-state index in [9.17, 15) is 0 Å². The molecule has 0 spiro atoms. The van der Waals surface area contributed by atoms with Crippen LogP contribution >= 0.6 is 11.8 Å². The quantitative estimate of drug-likeness (QED) is 0.614. The van der Waals surface area contributed by atoms with Crippen LogP contribution in [0.2, 0.25) is 0 Å². The Balaban J connectivity index is 1.96. The first-order chi connectivity index (χ1) is 9.76. The number of aryl methyl sites for hydroxylation is 1. The van der Waals surface area contributed by atoms with Gasteiger partial charge in [-0.15, -0.1) is 5.10 Å². The summed E-state index contributed by atoms with van der Waals surface area (Å²) in [5.74, 6) is 1.34. The number of aromatic amines is 2. The Morgan fingerprint density at radius 1 is 1.30 bits per heavy atom. The fourth-order valence-electron chi connectivity index (χ4n) is 1.65. The van der Waals surface area contributed by atoms with Crippen molar-refractivity contribution in [3.63, 3.8) is 0 Å². The smallest absolute Gasteiger partial charge is 0.225 e. The van der Waals surface area contributed by atoms with Gasteiger partial charge in [-0.2, -0.15) is 4.98 Å². The third-order valence-corrected chi connectivity index (χ3v) is 3.40. The molecule has 20 heavy (non-hydrogen) atoms. The zero-order valence-corrected chi connectivity index (χ0v) is 12.0. The molecule has 0 saturated heterocycles. The maximum absolute atomic E-state index is 4.49. The predicted molar refractivity (Wildman–Crippen MR) is 75.7 cm³/mol. The Hall–Kier alpha value is -2.16. The van der Waals surface area contributed by atoms with Gasteiger partial charge in [0.05, 0.1) is 6.33 Å². The van der Waals surface area contributed by atoms with Crippen molar-refractivity contribution in [2.45, 2.75) is 30.5 Å². The summed E-state index contributed by atoms with van der Waals surface area (Å²) in [7, 11) is 0. The molecule has 0 unspecified atom stereocenters. The molecule has 3 aromatic heterocycles. The van der Waals surface area contributed by atoms with Gasteiger partial charge in [0.1, 0.15) is 16.4 Å². The fraction of sp³-hybridized carbons (Fsp3) is 0.364. The van der Waals surface area contributed by atoms with E-state index in [2.05, 4.69) is 47.4 Å². The topological polar surface area (TPSA) is 108 Å². The number of H-pyrrole nitrogens is 2. The Morgan fingerprint density at radius 2 is 2.20 bits per heavy atom. The Morgan fingerprint density at radius 3 is 2.95 bits per heavy atom. The Kier molecular flexibility index (Phi) is 3.50. The molecule has 3 N–H and O–H groups in total. The number of hydrogen-bond donors (Lipinski definition) is 3. The van der Waals surface area contributed by atoms with E-state index in [1.54, 1.807) is 6.33 Å². The molecule has 0 radical (unpaired) electrons. The minimum absolute atomic E-state index is 0.571. The van der Waals surface area contributed by atoms with Crippen LogP contribution in [0.15, 0.2) is 16.5 Å². The second-order valence-electron chi connectivity index (χ2n) is 4.19. The summed E-state index contributed by atoms with van der Waals surface area (Å²) in [5.41, 5.74) is 1.42. The molecule has 0 aromatic carbocycles. The number of imidazole rings is 1. The van der Waals surface area contributed by atoms with Crippen molar-refractivity contribution in [1.29, 1.82) is 0 Å². The molecule has 0 bridgehead atoms. The van der Waals surface area contributed by atoms with Crippen LogP contribution in [-0.2, 0) is 0 Å². The largest absolute Gasteiger partial charge is 0.354 e. The van der Waals surface area contributed by atoms with E-state index in [-0.39, 0.29) is 0 Å². The average molecular weight is 290 g/mol. The molecule has 0 aliphatic heterocycles. The van der Waals surface area contributed by atoms with Crippen LogP contribution in [0.5, 0.6) is 0 Å². The summed E-state index contributed by atoms with van der Waals surface area (Å²) < 4.78 is 0. The molecule has 3 heterocycles. The van der Waals surface area contributed by atoms with Gasteiger partial charge in [0, 0.05) is 6.54 Å². The predicted octanol–water partition coefficient (Wildman–Crippen LogP) is 1.75. The molecule has 0 saturated carbocycles. The number of aromatic nitrogens is 7. The van der Waals surface area contributed by atoms with Gasteiger partial charge in [-0.05, 0) is 25.1 Å². The molecule has 3 rings (SSSR count). The lowest BCUT2D eigenvalue weighted by molar-refractivity contribution is 0.938. The van der Waals surface area contributed by atoms with E-state index in [1.807, 2.05) is 6.92 Å². The lowest BCUT2D eigenvalue weighted by atomic mass is 10.5. The SMILES string of the molecule is CCCNc1nc(Sc2n[nH]c(C)n2)c2[nH]cnc2n1. The molecule has 0 amide bonds. The number of nitrogens with zero attached hydrogens (tertiary/aromatic N) is 5. The molecule has 3 aromatic rings. The summed E-state index contributed by atoms with van der Waals surface area (Å²) in [6.07, 6.45) is 2.61. The van der Waals surface area contributed by atoms with Crippen LogP contribution in [0.4, 0.5) is 5.95 Å². The summed E-state index contributed by atoms with van der Waals surface area (Å²) in [6.45, 7) is 4.77. The molecule has 9 heteroatoms. The summed E-state index contributed by atoms with van der Waals surface area (Å²) >= 11 is 1.37. The highest BCUT2D eigenvalue weighted by Gasteiger charge is 2.13. The average Bonchev–Trinajstić information content (AvgIpc) is 3.05. The summed E-state index contributed by atoms with van der Waals surface area (Å²) in [4.78, 5) is 20.3. The van der Waals surface area contributed by atoms with Crippen LogP contribution in [0.1, 0.15) is 19.2 Å². The van der Waals surface area contributed by atoms with Crippen molar-refractivity contribution in [3.8, 4) is 0 Å². The lowest BCUT2D eigenvalue weighted by Gasteiger charge is -2.05. The van der Waals surface area contributed by atoms with Crippen LogP contribution < -0.4 is 5.32 Å². The van der Waals surface area contributed by atoms with Crippen LogP contribution in [-0.4, -0.2) is 41.7 Å². The maximum Gasteiger partial charge on any atom is 0.225 e. The van der Waals surface area contributed by atoms with Crippen molar-refractivity contribution >= 4 is 28.9 Å². The lowest BCUT2D eigenvalue weighted by Crippen LogP contribution is -2.05. The first-order valence-corrected chi connectivity index (χ1v) is 7.09. The highest BCUT2D eigenvalue weighted by molar-refractivity contribution is 7.99. The molecular weight excluding hydrogens is 276 g/mol. The molecule has 104 valence electrons. The van der Waals surface area contributed by atoms with Gasteiger partial charge in [0.2, 0.25) is 11.1 Å². The minimum Gasteiger partial charge on any atom is -0.354 e. The van der Waals surface area contributed by atoms with Gasteiger partial charge in [0.15, 0.2) is 5.65 Å². The minimum atomic E-state index is 0.571. The Bertz CT molecular complexity index is 718. The zero-order valence-electron chi connectivity index (χ0n) is 11.1. The normalized spacial score (nSPS) is 11.1. The number of hydrogen-bond acceptors (Lipinski definition) is 7.